The van der Waals surface area contributed by atoms with Gasteiger partial charge in [-0.15, -0.1) is 11.3 Å². The van der Waals surface area contributed by atoms with E-state index in [1.54, 1.807) is 17.4 Å². The van der Waals surface area contributed by atoms with Gasteiger partial charge in [0.15, 0.2) is 0 Å². The number of carbonyl (C=O) groups excluding carboxylic acids is 1. The first-order valence-electron chi connectivity index (χ1n) is 5.57. The van der Waals surface area contributed by atoms with Crippen molar-refractivity contribution in [2.75, 3.05) is 6.54 Å². The van der Waals surface area contributed by atoms with Crippen molar-refractivity contribution in [3.8, 4) is 6.07 Å². The van der Waals surface area contributed by atoms with Gasteiger partial charge in [-0.1, -0.05) is 0 Å². The van der Waals surface area contributed by atoms with Gasteiger partial charge >= 0.3 is 0 Å². The lowest BCUT2D eigenvalue weighted by Crippen LogP contribution is -2.26. The standard InChI is InChI=1S/C13H10BrN3OS/c14-12-2-1-10(19-12)4-6-17-13(18)11-7-9(8-15)3-5-16-11/h1-3,5,7H,4,6H2,(H,17,18). The first-order chi connectivity index (χ1) is 9.19. The molecule has 0 aliphatic heterocycles. The number of carbonyl (C=O) groups is 1. The van der Waals surface area contributed by atoms with E-state index >= 15 is 0 Å². The number of pyridine rings is 1. The summed E-state index contributed by atoms with van der Waals surface area (Å²) < 4.78 is 1.08. The predicted molar refractivity (Wildman–Crippen MR) is 77.0 cm³/mol. The molecule has 4 nitrogen and oxygen atoms in total. The van der Waals surface area contributed by atoms with Gasteiger partial charge in [0, 0.05) is 17.6 Å². The van der Waals surface area contributed by atoms with Crippen LogP contribution < -0.4 is 5.32 Å². The molecule has 6 heteroatoms. The molecule has 0 aromatic carbocycles. The van der Waals surface area contributed by atoms with Gasteiger partial charge in [-0.2, -0.15) is 5.26 Å². The minimum absolute atomic E-state index is 0.257. The predicted octanol–water partition coefficient (Wildman–Crippen LogP) is 2.75. The normalized spacial score (nSPS) is 9.89. The highest BCUT2D eigenvalue weighted by Crippen LogP contribution is 2.22. The fraction of sp³-hybridized carbons (Fsp3) is 0.154. The number of nitriles is 1. The van der Waals surface area contributed by atoms with Crippen molar-refractivity contribution in [3.05, 3.63) is 50.4 Å². The summed E-state index contributed by atoms with van der Waals surface area (Å²) >= 11 is 5.04. The Morgan fingerprint density at radius 1 is 1.47 bits per heavy atom. The van der Waals surface area contributed by atoms with Crippen molar-refractivity contribution < 1.29 is 4.79 Å². The van der Waals surface area contributed by atoms with Gasteiger partial charge in [0.2, 0.25) is 0 Å². The van der Waals surface area contributed by atoms with Crippen LogP contribution in [-0.4, -0.2) is 17.4 Å². The van der Waals surface area contributed by atoms with E-state index in [0.717, 1.165) is 10.2 Å². The van der Waals surface area contributed by atoms with Gasteiger partial charge in [-0.25, -0.2) is 0 Å². The van der Waals surface area contributed by atoms with Crippen LogP contribution in [0, 0.1) is 11.3 Å². The maximum Gasteiger partial charge on any atom is 0.269 e. The highest BCUT2D eigenvalue weighted by Gasteiger charge is 2.07. The molecule has 19 heavy (non-hydrogen) atoms. The maximum absolute atomic E-state index is 11.8. The lowest BCUT2D eigenvalue weighted by molar-refractivity contribution is 0.0949. The second-order valence-electron chi connectivity index (χ2n) is 3.75. The molecule has 2 heterocycles. The van der Waals surface area contributed by atoms with Gasteiger partial charge in [-0.05, 0) is 46.6 Å². The highest BCUT2D eigenvalue weighted by atomic mass is 79.9. The minimum atomic E-state index is -0.257. The molecular formula is C13H10BrN3OS. The van der Waals surface area contributed by atoms with Crippen LogP contribution in [0.2, 0.25) is 0 Å². The average Bonchev–Trinajstić information content (AvgIpc) is 2.84. The Kier molecular flexibility index (Phi) is 4.66. The Labute approximate surface area is 123 Å². The Hall–Kier alpha value is -1.71. The average molecular weight is 336 g/mol. The number of hydrogen-bond donors (Lipinski definition) is 1. The van der Waals surface area contributed by atoms with Crippen LogP contribution >= 0.6 is 27.3 Å². The third-order valence-corrected chi connectivity index (χ3v) is 4.09. The highest BCUT2D eigenvalue weighted by molar-refractivity contribution is 9.11. The molecule has 2 aromatic rings. The molecule has 1 amide bonds. The molecule has 0 unspecified atom stereocenters. The second-order valence-corrected chi connectivity index (χ2v) is 6.30. The van der Waals surface area contributed by atoms with Gasteiger partial charge in [-0.3, -0.25) is 9.78 Å². The smallest absolute Gasteiger partial charge is 0.269 e. The molecular weight excluding hydrogens is 326 g/mol. The van der Waals surface area contributed by atoms with E-state index in [9.17, 15) is 4.79 Å². The summed E-state index contributed by atoms with van der Waals surface area (Å²) in [5.74, 6) is -0.257. The molecule has 2 rings (SSSR count). The molecule has 2 aromatic heterocycles. The minimum Gasteiger partial charge on any atom is -0.350 e. The van der Waals surface area contributed by atoms with Crippen LogP contribution in [0.3, 0.4) is 0 Å². The summed E-state index contributed by atoms with van der Waals surface area (Å²) in [5.41, 5.74) is 0.703. The van der Waals surface area contributed by atoms with Crippen LogP contribution in [-0.2, 0) is 6.42 Å². The summed E-state index contributed by atoms with van der Waals surface area (Å²) in [5, 5.41) is 11.5. The number of amides is 1. The van der Waals surface area contributed by atoms with Crippen molar-refractivity contribution in [2.45, 2.75) is 6.42 Å². The van der Waals surface area contributed by atoms with E-state index in [1.165, 1.54) is 17.1 Å². The van der Waals surface area contributed by atoms with Gasteiger partial charge in [0.1, 0.15) is 5.69 Å². The summed E-state index contributed by atoms with van der Waals surface area (Å²) in [7, 11) is 0. The third kappa shape index (κ3) is 3.88. The Morgan fingerprint density at radius 2 is 2.32 bits per heavy atom. The fourth-order valence-electron chi connectivity index (χ4n) is 1.50. The second kappa shape index (κ2) is 6.45. The zero-order valence-corrected chi connectivity index (χ0v) is 12.3. The SMILES string of the molecule is N#Cc1ccnc(C(=O)NCCc2ccc(Br)s2)c1. The van der Waals surface area contributed by atoms with Gasteiger partial charge in [0.25, 0.3) is 5.91 Å². The third-order valence-electron chi connectivity index (χ3n) is 2.41. The lowest BCUT2D eigenvalue weighted by Gasteiger charge is -2.03. The van der Waals surface area contributed by atoms with Crippen molar-refractivity contribution in [1.29, 1.82) is 5.26 Å². The molecule has 96 valence electrons. The number of nitrogens with one attached hydrogen (secondary N) is 1. The zero-order valence-electron chi connectivity index (χ0n) is 9.89. The molecule has 0 atom stereocenters. The number of rotatable bonds is 4. The Bertz CT molecular complexity index is 633. The summed E-state index contributed by atoms with van der Waals surface area (Å²) in [4.78, 5) is 17.0. The van der Waals surface area contributed by atoms with E-state index in [4.69, 9.17) is 5.26 Å². The molecule has 0 saturated heterocycles. The first-order valence-corrected chi connectivity index (χ1v) is 7.18. The lowest BCUT2D eigenvalue weighted by atomic mass is 10.2. The van der Waals surface area contributed by atoms with Crippen molar-refractivity contribution >= 4 is 33.2 Å². The van der Waals surface area contributed by atoms with E-state index in [1.807, 2.05) is 18.2 Å². The van der Waals surface area contributed by atoms with Crippen molar-refractivity contribution in [2.24, 2.45) is 0 Å². The molecule has 0 aliphatic rings. The van der Waals surface area contributed by atoms with Crippen molar-refractivity contribution in [3.63, 3.8) is 0 Å². The van der Waals surface area contributed by atoms with Crippen LogP contribution in [0.15, 0.2) is 34.2 Å². The number of aromatic nitrogens is 1. The molecule has 0 fully saturated rings. The Balaban J connectivity index is 1.89. The molecule has 0 radical (unpaired) electrons. The number of thiophene rings is 1. The van der Waals surface area contributed by atoms with E-state index in [0.29, 0.717) is 12.1 Å². The summed E-state index contributed by atoms with van der Waals surface area (Å²) in [6, 6.07) is 9.05. The maximum atomic E-state index is 11.8. The Morgan fingerprint density at radius 3 is 3.00 bits per heavy atom. The van der Waals surface area contributed by atoms with Gasteiger partial charge < -0.3 is 5.32 Å². The molecule has 0 bridgehead atoms. The van der Waals surface area contributed by atoms with E-state index < -0.39 is 0 Å². The quantitative estimate of drug-likeness (QED) is 0.934. The van der Waals surface area contributed by atoms with E-state index in [2.05, 4.69) is 26.2 Å². The van der Waals surface area contributed by atoms with E-state index in [-0.39, 0.29) is 11.6 Å². The molecule has 0 saturated carbocycles. The van der Waals surface area contributed by atoms with Crippen LogP contribution in [0.5, 0.6) is 0 Å². The first kappa shape index (κ1) is 13.7. The molecule has 0 aliphatic carbocycles. The van der Waals surface area contributed by atoms with Crippen molar-refractivity contribution in [1.82, 2.24) is 10.3 Å². The largest absolute Gasteiger partial charge is 0.350 e. The molecule has 0 spiro atoms. The number of hydrogen-bond acceptors (Lipinski definition) is 4. The number of nitrogens with zero attached hydrogens (tertiary/aromatic N) is 2. The molecule has 1 N–H and O–H groups in total. The zero-order chi connectivity index (χ0) is 13.7. The topological polar surface area (TPSA) is 65.8 Å². The van der Waals surface area contributed by atoms with Gasteiger partial charge in [0.05, 0.1) is 15.4 Å². The van der Waals surface area contributed by atoms with Crippen LogP contribution in [0.4, 0.5) is 0 Å². The fourth-order valence-corrected chi connectivity index (χ4v) is 2.98. The van der Waals surface area contributed by atoms with Crippen LogP contribution in [0.25, 0.3) is 0 Å². The monoisotopic (exact) mass is 335 g/mol. The number of halogens is 1. The van der Waals surface area contributed by atoms with Crippen LogP contribution in [0.1, 0.15) is 20.9 Å². The summed E-state index contributed by atoms with van der Waals surface area (Å²) in [6.07, 6.45) is 2.24. The summed E-state index contributed by atoms with van der Waals surface area (Å²) in [6.45, 7) is 0.546.